The van der Waals surface area contributed by atoms with Gasteiger partial charge in [0.25, 0.3) is 0 Å². The minimum atomic E-state index is -4.59. The Labute approximate surface area is 168 Å². The zero-order chi connectivity index (χ0) is 20.8. The molecule has 0 radical (unpaired) electrons. The Hall–Kier alpha value is -1.23. The molecule has 1 aromatic rings. The lowest BCUT2D eigenvalue weighted by molar-refractivity contribution is -0.141. The van der Waals surface area contributed by atoms with Crippen LogP contribution < -0.4 is 5.32 Å². The van der Waals surface area contributed by atoms with Crippen molar-refractivity contribution >= 4 is 10.0 Å². The Kier molecular flexibility index (Phi) is 5.65. The molecular weight excluding hydrogens is 407 g/mol. The summed E-state index contributed by atoms with van der Waals surface area (Å²) in [6.07, 6.45) is -0.722. The molecule has 3 heterocycles. The molecule has 1 aromatic heterocycles. The number of nitrogens with zero attached hydrogens (tertiary/aromatic N) is 2. The van der Waals surface area contributed by atoms with Gasteiger partial charge in [-0.3, -0.25) is 0 Å². The number of sulfonamides is 1. The third-order valence-corrected chi connectivity index (χ3v) is 8.32. The zero-order valence-electron chi connectivity index (χ0n) is 16.3. The standard InChI is InChI=1S/C19H26F3N3O3S/c1-12-17(2-3-18(23-12)19(20,21)22)29(26,27)25-10-13-8-16(9-14(13)11-25)24-15-4-6-28-7-5-15/h2-3,13-16,24H,4-11H2,1H3/t13-,14+,16?. The highest BCUT2D eigenvalue weighted by Crippen LogP contribution is 2.41. The monoisotopic (exact) mass is 433 g/mol. The van der Waals surface area contributed by atoms with Crippen LogP contribution in [0.1, 0.15) is 37.1 Å². The van der Waals surface area contributed by atoms with Gasteiger partial charge in [-0.25, -0.2) is 13.4 Å². The molecule has 1 aliphatic carbocycles. The molecule has 162 valence electrons. The van der Waals surface area contributed by atoms with Crippen molar-refractivity contribution in [2.75, 3.05) is 26.3 Å². The predicted molar refractivity (Wildman–Crippen MR) is 99.7 cm³/mol. The first kappa shape index (κ1) is 21.0. The summed E-state index contributed by atoms with van der Waals surface area (Å²) in [5.74, 6) is 0.564. The maximum absolute atomic E-state index is 13.0. The highest BCUT2D eigenvalue weighted by Gasteiger charge is 2.45. The maximum atomic E-state index is 13.0. The van der Waals surface area contributed by atoms with Gasteiger partial charge in [-0.1, -0.05) is 0 Å². The van der Waals surface area contributed by atoms with Gasteiger partial charge in [0.15, 0.2) is 0 Å². The van der Waals surface area contributed by atoms with Gasteiger partial charge in [0, 0.05) is 38.4 Å². The van der Waals surface area contributed by atoms with E-state index in [1.807, 2.05) is 0 Å². The number of alkyl halides is 3. The summed E-state index contributed by atoms with van der Waals surface area (Å²) in [4.78, 5) is 3.34. The van der Waals surface area contributed by atoms with Gasteiger partial charge in [-0.2, -0.15) is 17.5 Å². The summed E-state index contributed by atoms with van der Waals surface area (Å²) in [6.45, 7) is 3.71. The van der Waals surface area contributed by atoms with Crippen LogP contribution in [0.4, 0.5) is 13.2 Å². The van der Waals surface area contributed by atoms with Gasteiger partial charge >= 0.3 is 6.18 Å². The van der Waals surface area contributed by atoms with Gasteiger partial charge in [-0.15, -0.1) is 0 Å². The number of halogens is 3. The number of rotatable bonds is 4. The molecule has 0 aromatic carbocycles. The first-order chi connectivity index (χ1) is 13.6. The Bertz CT molecular complexity index is 842. The van der Waals surface area contributed by atoms with Crippen LogP contribution in [0.25, 0.3) is 0 Å². The van der Waals surface area contributed by atoms with E-state index in [0.717, 1.165) is 51.0 Å². The Morgan fingerprint density at radius 2 is 1.72 bits per heavy atom. The lowest BCUT2D eigenvalue weighted by Crippen LogP contribution is -2.41. The number of aromatic nitrogens is 1. The van der Waals surface area contributed by atoms with Gasteiger partial charge in [0.05, 0.1) is 5.69 Å². The van der Waals surface area contributed by atoms with Crippen molar-refractivity contribution in [2.45, 2.75) is 55.8 Å². The fraction of sp³-hybridized carbons (Fsp3) is 0.737. The summed E-state index contributed by atoms with van der Waals surface area (Å²) in [7, 11) is -3.85. The van der Waals surface area contributed by atoms with Crippen molar-refractivity contribution in [1.82, 2.24) is 14.6 Å². The molecule has 1 saturated carbocycles. The number of aryl methyl sites for hydroxylation is 1. The topological polar surface area (TPSA) is 71.5 Å². The fourth-order valence-electron chi connectivity index (χ4n) is 4.90. The molecule has 3 atom stereocenters. The van der Waals surface area contributed by atoms with Crippen LogP contribution in [0.2, 0.25) is 0 Å². The molecule has 3 fully saturated rings. The minimum Gasteiger partial charge on any atom is -0.381 e. The van der Waals surface area contributed by atoms with Crippen LogP contribution in [0.3, 0.4) is 0 Å². The van der Waals surface area contributed by atoms with Crippen LogP contribution >= 0.6 is 0 Å². The molecular formula is C19H26F3N3O3S. The van der Waals surface area contributed by atoms with E-state index >= 15 is 0 Å². The molecule has 0 amide bonds. The van der Waals surface area contributed by atoms with E-state index in [0.29, 0.717) is 25.2 Å². The van der Waals surface area contributed by atoms with Crippen molar-refractivity contribution in [1.29, 1.82) is 0 Å². The van der Waals surface area contributed by atoms with Crippen molar-refractivity contribution in [3.05, 3.63) is 23.5 Å². The normalized spacial score (nSPS) is 29.3. The lowest BCUT2D eigenvalue weighted by atomic mass is 10.0. The second kappa shape index (κ2) is 7.79. The summed E-state index contributed by atoms with van der Waals surface area (Å²) in [5, 5.41) is 3.70. The van der Waals surface area contributed by atoms with Crippen molar-refractivity contribution in [3.63, 3.8) is 0 Å². The van der Waals surface area contributed by atoms with E-state index in [1.165, 1.54) is 11.2 Å². The van der Waals surface area contributed by atoms with E-state index in [1.54, 1.807) is 0 Å². The number of hydrogen-bond acceptors (Lipinski definition) is 5. The quantitative estimate of drug-likeness (QED) is 0.790. The molecule has 1 N–H and O–H groups in total. The summed E-state index contributed by atoms with van der Waals surface area (Å²) in [6, 6.07) is 2.63. The third kappa shape index (κ3) is 4.30. The molecule has 1 unspecified atom stereocenters. The SMILES string of the molecule is Cc1nc(C(F)(F)F)ccc1S(=O)(=O)N1C[C@H]2CC(NC3CCOCC3)C[C@H]2C1. The lowest BCUT2D eigenvalue weighted by Gasteiger charge is -2.27. The van der Waals surface area contributed by atoms with Crippen LogP contribution in [-0.4, -0.2) is 56.1 Å². The minimum absolute atomic E-state index is 0.115. The molecule has 2 saturated heterocycles. The Morgan fingerprint density at radius 1 is 1.10 bits per heavy atom. The molecule has 0 spiro atoms. The molecule has 10 heteroatoms. The molecule has 0 bridgehead atoms. The zero-order valence-corrected chi connectivity index (χ0v) is 17.1. The van der Waals surface area contributed by atoms with E-state index < -0.39 is 21.9 Å². The van der Waals surface area contributed by atoms with Crippen LogP contribution in [0, 0.1) is 18.8 Å². The van der Waals surface area contributed by atoms with E-state index in [2.05, 4.69) is 10.3 Å². The smallest absolute Gasteiger partial charge is 0.381 e. The van der Waals surface area contributed by atoms with Gasteiger partial charge in [0.2, 0.25) is 10.0 Å². The molecule has 3 aliphatic rings. The van der Waals surface area contributed by atoms with Gasteiger partial charge in [-0.05, 0) is 56.6 Å². The molecule has 4 rings (SSSR count). The Morgan fingerprint density at radius 3 is 2.28 bits per heavy atom. The third-order valence-electron chi connectivity index (χ3n) is 6.36. The van der Waals surface area contributed by atoms with E-state index in [9.17, 15) is 21.6 Å². The van der Waals surface area contributed by atoms with Crippen LogP contribution in [0.5, 0.6) is 0 Å². The Balaban J connectivity index is 1.41. The van der Waals surface area contributed by atoms with Gasteiger partial charge in [0.1, 0.15) is 10.6 Å². The van der Waals surface area contributed by atoms with Crippen molar-refractivity contribution in [3.8, 4) is 0 Å². The summed E-state index contributed by atoms with van der Waals surface area (Å²) >= 11 is 0. The van der Waals surface area contributed by atoms with Crippen molar-refractivity contribution in [2.24, 2.45) is 11.8 Å². The van der Waals surface area contributed by atoms with Gasteiger partial charge < -0.3 is 10.1 Å². The average Bonchev–Trinajstić information content (AvgIpc) is 3.20. The number of hydrogen-bond donors (Lipinski definition) is 1. The molecule has 29 heavy (non-hydrogen) atoms. The summed E-state index contributed by atoms with van der Waals surface area (Å²) in [5.41, 5.74) is -1.19. The van der Waals surface area contributed by atoms with E-state index in [4.69, 9.17) is 4.74 Å². The maximum Gasteiger partial charge on any atom is 0.433 e. The highest BCUT2D eigenvalue weighted by molar-refractivity contribution is 7.89. The number of nitrogens with one attached hydrogen (secondary N) is 1. The van der Waals surface area contributed by atoms with Crippen molar-refractivity contribution < 1.29 is 26.3 Å². The summed E-state index contributed by atoms with van der Waals surface area (Å²) < 4.78 is 71.3. The fourth-order valence-corrected chi connectivity index (χ4v) is 6.62. The predicted octanol–water partition coefficient (Wildman–Crippen LogP) is 2.58. The van der Waals surface area contributed by atoms with Crippen LogP contribution in [-0.2, 0) is 20.9 Å². The molecule has 2 aliphatic heterocycles. The largest absolute Gasteiger partial charge is 0.433 e. The second-order valence-electron chi connectivity index (χ2n) is 8.34. The first-order valence-electron chi connectivity index (χ1n) is 10.0. The number of pyridine rings is 1. The van der Waals surface area contributed by atoms with Crippen LogP contribution in [0.15, 0.2) is 17.0 Å². The second-order valence-corrected chi connectivity index (χ2v) is 10.2. The number of ether oxygens (including phenoxy) is 1. The average molecular weight is 433 g/mol. The first-order valence-corrected chi connectivity index (χ1v) is 11.5. The number of fused-ring (bicyclic) bond motifs is 1. The highest BCUT2D eigenvalue weighted by atomic mass is 32.2. The molecule has 6 nitrogen and oxygen atoms in total. The van der Waals surface area contributed by atoms with E-state index in [-0.39, 0.29) is 22.4 Å².